The van der Waals surface area contributed by atoms with E-state index >= 15 is 0 Å². The number of ketones is 1. The van der Waals surface area contributed by atoms with Crippen LogP contribution in [0.2, 0.25) is 0 Å². The standard InChI is InChI=1S/C31H32N6O2S/c32-24-13-7-17-35(20-24)31-34-29-28(37(31)19-23-11-5-2-6-12-23)30(39)36(21-25(38)26-14-8-18-40-26)27(33-29)16-15-22-9-3-1-4-10-22/h1-6,8-12,14,18,24H,7,13,15-17,19-21,32H2. The average Bonchev–Trinajstić information content (AvgIpc) is 3.64. The van der Waals surface area contributed by atoms with Gasteiger partial charge in [0.25, 0.3) is 5.56 Å². The molecule has 4 heterocycles. The predicted octanol–water partition coefficient (Wildman–Crippen LogP) is 4.30. The largest absolute Gasteiger partial charge is 0.341 e. The van der Waals surface area contributed by atoms with Gasteiger partial charge in [-0.2, -0.15) is 4.98 Å². The molecule has 0 radical (unpaired) electrons. The predicted molar refractivity (Wildman–Crippen MR) is 159 cm³/mol. The molecule has 5 aromatic rings. The van der Waals surface area contributed by atoms with Crippen LogP contribution in [-0.2, 0) is 25.9 Å². The van der Waals surface area contributed by atoms with E-state index in [1.165, 1.54) is 11.3 Å². The van der Waals surface area contributed by atoms with E-state index in [1.54, 1.807) is 10.6 Å². The highest BCUT2D eigenvalue weighted by Gasteiger charge is 2.26. The second-order valence-corrected chi connectivity index (χ2v) is 11.3. The molecule has 2 aromatic carbocycles. The smallest absolute Gasteiger partial charge is 0.280 e. The van der Waals surface area contributed by atoms with Crippen molar-refractivity contribution in [2.75, 3.05) is 18.0 Å². The molecule has 1 fully saturated rings. The normalized spacial score (nSPS) is 15.5. The molecule has 0 amide bonds. The van der Waals surface area contributed by atoms with Gasteiger partial charge in [-0.15, -0.1) is 11.3 Å². The molecule has 0 spiro atoms. The van der Waals surface area contributed by atoms with Gasteiger partial charge in [0.15, 0.2) is 16.9 Å². The fraction of sp³-hybridized carbons (Fsp3) is 0.290. The minimum absolute atomic E-state index is 0.0493. The van der Waals surface area contributed by atoms with Crippen LogP contribution in [0.1, 0.15) is 39.5 Å². The van der Waals surface area contributed by atoms with Crippen molar-refractivity contribution in [3.05, 3.63) is 110 Å². The Hall–Kier alpha value is -4.08. The molecule has 0 saturated carbocycles. The van der Waals surface area contributed by atoms with E-state index < -0.39 is 0 Å². The molecule has 3 aromatic heterocycles. The first-order valence-corrected chi connectivity index (χ1v) is 14.6. The van der Waals surface area contributed by atoms with Crippen molar-refractivity contribution < 1.29 is 4.79 Å². The van der Waals surface area contributed by atoms with Gasteiger partial charge >= 0.3 is 0 Å². The van der Waals surface area contributed by atoms with Gasteiger partial charge in [0, 0.05) is 25.6 Å². The first-order chi connectivity index (χ1) is 19.6. The summed E-state index contributed by atoms with van der Waals surface area (Å²) in [5.74, 6) is 1.17. The number of anilines is 1. The molecule has 6 rings (SSSR count). The molecule has 1 aliphatic heterocycles. The number of imidazole rings is 1. The Morgan fingerprint density at radius 2 is 1.68 bits per heavy atom. The topological polar surface area (TPSA) is 99.0 Å². The lowest BCUT2D eigenvalue weighted by Crippen LogP contribution is -2.44. The van der Waals surface area contributed by atoms with Gasteiger partial charge in [-0.3, -0.25) is 18.7 Å². The summed E-state index contributed by atoms with van der Waals surface area (Å²) >= 11 is 1.38. The zero-order valence-corrected chi connectivity index (χ0v) is 23.1. The second kappa shape index (κ2) is 11.6. The van der Waals surface area contributed by atoms with Crippen LogP contribution in [0, 0.1) is 0 Å². The van der Waals surface area contributed by atoms with Crippen molar-refractivity contribution in [2.24, 2.45) is 5.73 Å². The molecule has 8 nitrogen and oxygen atoms in total. The summed E-state index contributed by atoms with van der Waals surface area (Å²) in [4.78, 5) is 40.2. The van der Waals surface area contributed by atoms with E-state index in [4.69, 9.17) is 15.7 Å². The van der Waals surface area contributed by atoms with Gasteiger partial charge in [0.2, 0.25) is 5.95 Å². The number of aryl methyl sites for hydroxylation is 2. The van der Waals surface area contributed by atoms with Gasteiger partial charge in [0.05, 0.1) is 18.0 Å². The number of carbonyl (C=O) groups excluding carboxylic acids is 1. The van der Waals surface area contributed by atoms with Crippen LogP contribution in [0.4, 0.5) is 5.95 Å². The summed E-state index contributed by atoms with van der Waals surface area (Å²) in [6.45, 7) is 1.90. The van der Waals surface area contributed by atoms with Crippen molar-refractivity contribution in [1.82, 2.24) is 19.1 Å². The number of fused-ring (bicyclic) bond motifs is 1. The SMILES string of the molecule is NC1CCCN(c2nc3nc(CCc4ccccc4)n(CC(=O)c4cccs4)c(=O)c3n2Cc2ccccc2)C1. The minimum Gasteiger partial charge on any atom is -0.341 e. The highest BCUT2D eigenvalue weighted by atomic mass is 32.1. The molecular formula is C31H32N6O2S. The molecule has 1 unspecified atom stereocenters. The Kier molecular flexibility index (Phi) is 7.57. The molecule has 204 valence electrons. The fourth-order valence-electron chi connectivity index (χ4n) is 5.41. The van der Waals surface area contributed by atoms with Crippen molar-refractivity contribution >= 4 is 34.2 Å². The summed E-state index contributed by atoms with van der Waals surface area (Å²) in [6.07, 6.45) is 3.15. The number of benzene rings is 2. The van der Waals surface area contributed by atoms with Gasteiger partial charge in [0.1, 0.15) is 5.82 Å². The average molecular weight is 553 g/mol. The zero-order chi connectivity index (χ0) is 27.5. The Morgan fingerprint density at radius 3 is 2.38 bits per heavy atom. The fourth-order valence-corrected chi connectivity index (χ4v) is 6.06. The molecule has 1 atom stereocenters. The van der Waals surface area contributed by atoms with Gasteiger partial charge in [-0.1, -0.05) is 66.7 Å². The number of rotatable bonds is 9. The van der Waals surface area contributed by atoms with E-state index in [0.717, 1.165) is 30.5 Å². The summed E-state index contributed by atoms with van der Waals surface area (Å²) in [7, 11) is 0. The number of carbonyl (C=O) groups is 1. The van der Waals surface area contributed by atoms with Gasteiger partial charge in [-0.05, 0) is 41.8 Å². The van der Waals surface area contributed by atoms with E-state index in [1.807, 2.05) is 64.5 Å². The number of Topliss-reactive ketones (excluding diaryl/α,β-unsaturated/α-hetero) is 1. The van der Waals surface area contributed by atoms with Gasteiger partial charge in [-0.25, -0.2) is 4.98 Å². The molecule has 0 bridgehead atoms. The quantitative estimate of drug-likeness (QED) is 0.274. The third-order valence-corrected chi connectivity index (χ3v) is 8.34. The minimum atomic E-state index is -0.242. The van der Waals surface area contributed by atoms with Crippen molar-refractivity contribution in [1.29, 1.82) is 0 Å². The Morgan fingerprint density at radius 1 is 0.925 bits per heavy atom. The van der Waals surface area contributed by atoms with Crippen LogP contribution in [-0.4, -0.2) is 44.0 Å². The lowest BCUT2D eigenvalue weighted by Gasteiger charge is -2.31. The molecule has 9 heteroatoms. The van der Waals surface area contributed by atoms with Crippen LogP contribution in [0.3, 0.4) is 0 Å². The second-order valence-electron chi connectivity index (χ2n) is 10.3. The zero-order valence-electron chi connectivity index (χ0n) is 22.3. The summed E-state index contributed by atoms with van der Waals surface area (Å²) in [5, 5.41) is 1.87. The highest BCUT2D eigenvalue weighted by molar-refractivity contribution is 7.12. The maximum atomic E-state index is 14.3. The maximum absolute atomic E-state index is 14.3. The number of hydrogen-bond donors (Lipinski definition) is 1. The van der Waals surface area contributed by atoms with Crippen LogP contribution in [0.25, 0.3) is 11.2 Å². The summed E-state index contributed by atoms with van der Waals surface area (Å²) in [6, 6.07) is 23.8. The molecule has 1 aliphatic rings. The molecule has 40 heavy (non-hydrogen) atoms. The molecular weight excluding hydrogens is 520 g/mol. The number of nitrogens with two attached hydrogens (primary N) is 1. The first kappa shape index (κ1) is 26.2. The number of aromatic nitrogens is 4. The Balaban J connectivity index is 1.49. The third kappa shape index (κ3) is 5.48. The van der Waals surface area contributed by atoms with Crippen LogP contribution < -0.4 is 16.2 Å². The number of piperidine rings is 1. The van der Waals surface area contributed by atoms with E-state index in [2.05, 4.69) is 17.0 Å². The first-order valence-electron chi connectivity index (χ1n) is 13.7. The lowest BCUT2D eigenvalue weighted by molar-refractivity contribution is 0.0973. The molecule has 0 aliphatic carbocycles. The van der Waals surface area contributed by atoms with Gasteiger partial charge < -0.3 is 10.6 Å². The third-order valence-electron chi connectivity index (χ3n) is 7.43. The number of hydrogen-bond acceptors (Lipinski definition) is 7. The van der Waals surface area contributed by atoms with Crippen molar-refractivity contribution in [2.45, 2.75) is 44.8 Å². The Bertz CT molecular complexity index is 1660. The molecule has 1 saturated heterocycles. The van der Waals surface area contributed by atoms with Crippen LogP contribution >= 0.6 is 11.3 Å². The highest BCUT2D eigenvalue weighted by Crippen LogP contribution is 2.25. The number of nitrogens with zero attached hydrogens (tertiary/aromatic N) is 5. The summed E-state index contributed by atoms with van der Waals surface area (Å²) < 4.78 is 3.52. The van der Waals surface area contributed by atoms with Crippen LogP contribution in [0.15, 0.2) is 83.0 Å². The van der Waals surface area contributed by atoms with E-state index in [0.29, 0.717) is 53.7 Å². The monoisotopic (exact) mass is 552 g/mol. The van der Waals surface area contributed by atoms with Crippen molar-refractivity contribution in [3.8, 4) is 0 Å². The molecule has 2 N–H and O–H groups in total. The Labute approximate surface area is 236 Å². The number of thiophene rings is 1. The summed E-state index contributed by atoms with van der Waals surface area (Å²) in [5.41, 5.74) is 9.12. The van der Waals surface area contributed by atoms with Crippen LogP contribution in [0.5, 0.6) is 0 Å². The maximum Gasteiger partial charge on any atom is 0.280 e. The van der Waals surface area contributed by atoms with E-state index in [9.17, 15) is 9.59 Å². The van der Waals surface area contributed by atoms with E-state index in [-0.39, 0.29) is 23.9 Å². The lowest BCUT2D eigenvalue weighted by atomic mass is 10.1. The van der Waals surface area contributed by atoms with Crippen molar-refractivity contribution in [3.63, 3.8) is 0 Å².